The topological polar surface area (TPSA) is 473 Å². The Morgan fingerprint density at radius 1 is 0.555 bits per heavy atom. The molecule has 0 aliphatic carbocycles. The molecule has 10 N–H and O–H groups in total. The minimum absolute atomic E-state index is 0.0414. The van der Waals surface area contributed by atoms with Crippen LogP contribution >= 0.6 is 79.6 Å². The predicted octanol–water partition coefficient (Wildman–Crippen LogP) is 14.2. The lowest BCUT2D eigenvalue weighted by atomic mass is 10.2. The first-order chi connectivity index (χ1) is 50.5. The number of fused-ring (bicyclic) bond motifs is 2. The highest BCUT2D eigenvalue weighted by molar-refractivity contribution is 9.11. The summed E-state index contributed by atoms with van der Waals surface area (Å²) in [4.78, 5) is 125. The first-order valence-electron chi connectivity index (χ1n) is 32.6. The summed E-state index contributed by atoms with van der Waals surface area (Å²) in [6.07, 6.45) is -2.75. The van der Waals surface area contributed by atoms with Crippen LogP contribution in [-0.4, -0.2) is 172 Å². The van der Waals surface area contributed by atoms with Gasteiger partial charge in [-0.25, -0.2) is 33.6 Å². The molecule has 0 spiro atoms. The van der Waals surface area contributed by atoms with Crippen LogP contribution in [0.4, 0.5) is 52.0 Å². The summed E-state index contributed by atoms with van der Waals surface area (Å²) in [6, 6.07) is 18.9. The monoisotopic (exact) mass is 1870 g/mol. The van der Waals surface area contributed by atoms with Crippen LogP contribution in [-0.2, 0) is 47.7 Å². The molecule has 0 unspecified atom stereocenters. The lowest BCUT2D eigenvalue weighted by Gasteiger charge is -2.25. The minimum atomic E-state index is -1.43. The third kappa shape index (κ3) is 39.3. The van der Waals surface area contributed by atoms with Crippen molar-refractivity contribution in [2.45, 2.75) is 162 Å². The number of carboxylic acid groups (broad SMARTS) is 3. The summed E-state index contributed by atoms with van der Waals surface area (Å²) in [6.45, 7) is 25.3. The molecule has 0 fully saturated rings. The van der Waals surface area contributed by atoms with Gasteiger partial charge in [0.05, 0.1) is 52.1 Å². The maximum atomic E-state index is 12.6. The van der Waals surface area contributed by atoms with E-state index in [0.717, 1.165) is 37.0 Å². The number of hydrogen-bond acceptors (Lipinski definition) is 23. The second-order valence-corrected chi connectivity index (χ2v) is 32.4. The number of nitrogens with zero attached hydrogens (tertiary/aromatic N) is 3. The van der Waals surface area contributed by atoms with Gasteiger partial charge in [0.1, 0.15) is 65.5 Å². The molecule has 2 aliphatic rings. The van der Waals surface area contributed by atoms with Gasteiger partial charge in [0.25, 0.3) is 5.91 Å². The molecule has 5 aromatic rings. The van der Waals surface area contributed by atoms with E-state index in [9.17, 15) is 67.8 Å². The predicted molar refractivity (Wildman–Crippen MR) is 418 cm³/mol. The summed E-state index contributed by atoms with van der Waals surface area (Å²) in [7, 11) is 1.77. The number of nitrogens with one attached hydrogen (secondary N) is 5. The average molecular weight is 1880 g/mol. The van der Waals surface area contributed by atoms with Crippen LogP contribution in [0.1, 0.15) is 110 Å². The molecular formula is C70H89Br5FN9O25. The number of carbonyl (C=O) groups excluding carboxylic acids is 6. The molecule has 7 rings (SSSR count). The number of anilines is 3. The van der Waals surface area contributed by atoms with Crippen LogP contribution in [0, 0.1) is 26.0 Å². The third-order valence-electron chi connectivity index (χ3n) is 12.5. The highest BCUT2D eigenvalue weighted by Crippen LogP contribution is 2.35. The molecular weight excluding hydrogens is 1790 g/mol. The number of rotatable bonds is 17. The molecule has 5 aromatic carbocycles. The lowest BCUT2D eigenvalue weighted by Crippen LogP contribution is -2.48. The molecule has 40 heteroatoms. The Hall–Kier alpha value is -9.38. The minimum Gasteiger partial charge on any atom is -0.491 e. The number of halogens is 6. The van der Waals surface area contributed by atoms with Crippen LogP contribution in [0.25, 0.3) is 0 Å². The van der Waals surface area contributed by atoms with Gasteiger partial charge in [-0.3, -0.25) is 29.8 Å². The first kappa shape index (κ1) is 96.7. The zero-order valence-electron chi connectivity index (χ0n) is 62.7. The maximum absolute atomic E-state index is 12.6. The Balaban J connectivity index is 0.000000455. The molecule has 0 saturated carbocycles. The van der Waals surface area contributed by atoms with E-state index in [2.05, 4.69) is 106 Å². The van der Waals surface area contributed by atoms with Crippen molar-refractivity contribution in [3.8, 4) is 23.0 Å². The van der Waals surface area contributed by atoms with Crippen molar-refractivity contribution in [2.24, 2.45) is 0 Å². The molecule has 6 amide bonds. The highest BCUT2D eigenvalue weighted by Gasteiger charge is 2.32. The number of alkyl carbamates (subject to hydrolysis) is 4. The lowest BCUT2D eigenvalue weighted by molar-refractivity contribution is -0.387. The Bertz CT molecular complexity index is 4050. The molecule has 0 radical (unpaired) electrons. The number of nitro benzene ring substituents is 2. The molecule has 606 valence electrons. The van der Waals surface area contributed by atoms with E-state index in [0.29, 0.717) is 44.8 Å². The van der Waals surface area contributed by atoms with Gasteiger partial charge in [-0.1, -0.05) is 79.6 Å². The molecule has 2 heterocycles. The molecule has 34 nitrogen and oxygen atoms in total. The van der Waals surface area contributed by atoms with Crippen LogP contribution in [0.15, 0.2) is 113 Å². The molecule has 2 aliphatic heterocycles. The van der Waals surface area contributed by atoms with E-state index < -0.39 is 122 Å². The van der Waals surface area contributed by atoms with Gasteiger partial charge < -0.3 is 95.2 Å². The van der Waals surface area contributed by atoms with Crippen molar-refractivity contribution < 1.29 is 115 Å². The maximum Gasteiger partial charge on any atom is 0.408 e. The first-order valence-corrected chi connectivity index (χ1v) is 36.6. The quantitative estimate of drug-likeness (QED) is 0.0181. The normalized spacial score (nSPS) is 13.8. The van der Waals surface area contributed by atoms with Crippen molar-refractivity contribution in [2.75, 3.05) is 56.0 Å². The van der Waals surface area contributed by atoms with Gasteiger partial charge in [-0.05, 0) is 183 Å². The number of benzene rings is 5. The Kier molecular flexibility index (Phi) is 38.6. The zero-order chi connectivity index (χ0) is 84.1. The van der Waals surface area contributed by atoms with Gasteiger partial charge in [0.15, 0.2) is 23.9 Å². The van der Waals surface area contributed by atoms with Crippen LogP contribution in [0.5, 0.6) is 23.0 Å². The Morgan fingerprint density at radius 3 is 1.38 bits per heavy atom. The molecule has 4 atom stereocenters. The van der Waals surface area contributed by atoms with Gasteiger partial charge >= 0.3 is 53.7 Å². The second-order valence-electron chi connectivity index (χ2n) is 27.9. The SMILES string of the molecule is CC(C)(C)OC(=O)N[C@@H](COc1ccc(Br)cc1N)C(=O)O.CC(C)(C)OC(=O)N[C@@H](COc1ccc(Br)cc1[N+](=O)[O-])C(=O)O.CC(C)(C)OC(=O)N[C@H]1COc2ccc(Br)cc2NC1=O.CC(C)(C)OC[C@H](NC(=O)OC(C)(C)C)C(=O)O.CN1C(=O)CCOc2ccc(Br)cc21.O=[N+]([O-])c1cc(Br)ccc1F. The number of carbonyl (C=O) groups is 9. The van der Waals surface area contributed by atoms with E-state index in [1.54, 1.807) is 146 Å². The summed E-state index contributed by atoms with van der Waals surface area (Å²) < 4.78 is 63.0. The van der Waals surface area contributed by atoms with Gasteiger partial charge in [-0.15, -0.1) is 0 Å². The summed E-state index contributed by atoms with van der Waals surface area (Å²) in [5, 5.41) is 60.2. The van der Waals surface area contributed by atoms with Crippen molar-refractivity contribution >= 4 is 162 Å². The fourth-order valence-corrected chi connectivity index (χ4v) is 9.55. The smallest absolute Gasteiger partial charge is 0.408 e. The number of carboxylic acids is 3. The van der Waals surface area contributed by atoms with Gasteiger partial charge in [0.2, 0.25) is 11.7 Å². The molecule has 0 aromatic heterocycles. The van der Waals surface area contributed by atoms with Crippen LogP contribution in [0.2, 0.25) is 0 Å². The number of amides is 6. The number of ether oxygens (including phenoxy) is 9. The standard InChI is InChI=1S/C14H17BrN2O7.C14H19BrN2O5.C14H17BrN2O4.C12H23NO5.C10H10BrNO2.C6H3BrFNO2/c1-14(2,3)24-13(20)16-9(12(18)19)7-23-11-5-4-8(15)6-10(11)17(21)22;1-14(2,3)22-13(20)17-10(12(18)19)7-21-11-5-4-8(15)6-9(11)16;1-14(2,3)21-13(19)17-10-7-20-11-5-4-8(15)6-9(11)16-12(10)18;1-11(2,3)17-7-8(9(14)15)13-10(16)18-12(4,5)6;1-12-8-6-7(11)2-3-9(8)14-5-4-10(12)13;7-4-1-2-5(8)6(3-4)9(10)11/h4-6,9H,7H2,1-3H3,(H,16,20)(H,18,19);4-6,10H,7,16H2,1-3H3,(H,17,20)(H,18,19);4-6,10H,7H2,1-3H3,(H,16,18)(H,17,19);8H,7H2,1-6H3,(H,13,16)(H,14,15);2-3,6H,4-5H2,1H3;1-3H/t9-;2*10-;8-;;/m0000../s1. The fourth-order valence-electron chi connectivity index (χ4n) is 7.76. The summed E-state index contributed by atoms with van der Waals surface area (Å²) in [5.74, 6) is -3.30. The number of hydrogen-bond donors (Lipinski definition) is 9. The van der Waals surface area contributed by atoms with Crippen LogP contribution < -0.4 is 56.2 Å². The van der Waals surface area contributed by atoms with Gasteiger partial charge in [0, 0.05) is 41.5 Å². The third-order valence-corrected chi connectivity index (χ3v) is 15.0. The molecule has 110 heavy (non-hydrogen) atoms. The average Bonchev–Trinajstić information content (AvgIpc) is 1.60. The van der Waals surface area contributed by atoms with Crippen molar-refractivity contribution in [3.05, 3.63) is 139 Å². The molecule has 0 bridgehead atoms. The summed E-state index contributed by atoms with van der Waals surface area (Å²) >= 11 is 16.0. The Labute approximate surface area is 675 Å². The van der Waals surface area contributed by atoms with E-state index in [4.69, 9.17) is 63.7 Å². The second kappa shape index (κ2) is 43.9. The van der Waals surface area contributed by atoms with E-state index in [-0.39, 0.29) is 43.1 Å². The van der Waals surface area contributed by atoms with Crippen molar-refractivity contribution in [1.82, 2.24) is 21.3 Å². The largest absolute Gasteiger partial charge is 0.491 e. The van der Waals surface area contributed by atoms with Crippen molar-refractivity contribution in [3.63, 3.8) is 0 Å². The zero-order valence-corrected chi connectivity index (χ0v) is 70.7. The number of nitrogen functional groups attached to an aromatic ring is 1. The van der Waals surface area contributed by atoms with E-state index >= 15 is 0 Å². The number of nitro groups is 2. The van der Waals surface area contributed by atoms with Gasteiger partial charge in [-0.2, -0.15) is 4.39 Å². The van der Waals surface area contributed by atoms with E-state index in [1.165, 1.54) is 24.3 Å². The fraction of sp³-hybridized carbons (Fsp3) is 0.443. The van der Waals surface area contributed by atoms with Crippen molar-refractivity contribution in [1.29, 1.82) is 0 Å². The number of aliphatic carboxylic acids is 3. The van der Waals surface area contributed by atoms with E-state index in [1.807, 2.05) is 24.3 Å². The summed E-state index contributed by atoms with van der Waals surface area (Å²) in [5.41, 5.74) is 3.37. The number of nitrogens with two attached hydrogens (primary N) is 1. The molecule has 0 saturated heterocycles. The van der Waals surface area contributed by atoms with Crippen LogP contribution in [0.3, 0.4) is 0 Å². The highest BCUT2D eigenvalue weighted by atomic mass is 79.9. The Morgan fingerprint density at radius 2 is 0.945 bits per heavy atom.